The molecule has 0 atom stereocenters. The summed E-state index contributed by atoms with van der Waals surface area (Å²) in [4.78, 5) is 26.7. The van der Waals surface area contributed by atoms with E-state index in [4.69, 9.17) is 4.74 Å². The molecule has 2 N–H and O–H groups in total. The number of ether oxygens (including phenoxy) is 1. The number of hydrogen-bond acceptors (Lipinski definition) is 5. The summed E-state index contributed by atoms with van der Waals surface area (Å²) in [7, 11) is -2.48. The Labute approximate surface area is 205 Å². The van der Waals surface area contributed by atoms with Gasteiger partial charge in [-0.15, -0.1) is 0 Å². The van der Waals surface area contributed by atoms with Crippen LogP contribution in [0.3, 0.4) is 0 Å². The first-order valence-corrected chi connectivity index (χ1v) is 12.8. The third-order valence-corrected chi connectivity index (χ3v) is 7.12. The molecule has 35 heavy (non-hydrogen) atoms. The van der Waals surface area contributed by atoms with Crippen LogP contribution in [-0.2, 0) is 21.4 Å². The molecule has 0 aromatic heterocycles. The molecule has 182 valence electrons. The van der Waals surface area contributed by atoms with Crippen molar-refractivity contribution >= 4 is 33.2 Å². The number of benzene rings is 3. The number of para-hydroxylation sites is 2. The number of methoxy groups -OCH3 is 1. The lowest BCUT2D eigenvalue weighted by atomic mass is 10.1. The van der Waals surface area contributed by atoms with Crippen molar-refractivity contribution in [2.75, 3.05) is 23.3 Å². The summed E-state index contributed by atoms with van der Waals surface area (Å²) in [5.41, 5.74) is 2.18. The van der Waals surface area contributed by atoms with E-state index < -0.39 is 15.9 Å². The van der Waals surface area contributed by atoms with Crippen LogP contribution in [0.4, 0.5) is 11.4 Å². The quantitative estimate of drug-likeness (QED) is 0.495. The van der Waals surface area contributed by atoms with Gasteiger partial charge in [-0.25, -0.2) is 8.42 Å². The Morgan fingerprint density at radius 2 is 1.80 bits per heavy atom. The van der Waals surface area contributed by atoms with Crippen LogP contribution in [0.25, 0.3) is 0 Å². The van der Waals surface area contributed by atoms with Crippen molar-refractivity contribution in [3.63, 3.8) is 0 Å². The Balaban J connectivity index is 1.45. The van der Waals surface area contributed by atoms with Gasteiger partial charge in [0, 0.05) is 30.8 Å². The van der Waals surface area contributed by atoms with Gasteiger partial charge < -0.3 is 15.0 Å². The van der Waals surface area contributed by atoms with Crippen LogP contribution < -0.4 is 19.7 Å². The fraction of sp³-hybridized carbons (Fsp3) is 0.231. The van der Waals surface area contributed by atoms with Crippen molar-refractivity contribution in [2.45, 2.75) is 30.7 Å². The number of anilines is 2. The molecule has 0 radical (unpaired) electrons. The van der Waals surface area contributed by atoms with Crippen molar-refractivity contribution in [1.29, 1.82) is 0 Å². The normalized spacial score (nSPS) is 13.9. The first-order chi connectivity index (χ1) is 16.9. The molecule has 1 heterocycles. The summed E-state index contributed by atoms with van der Waals surface area (Å²) in [6, 6.07) is 20.0. The molecule has 1 fully saturated rings. The standard InChI is InChI=1S/C26H27N3O5S/c1-34-24-13-3-2-12-23(24)28-35(32,33)22-11-7-9-20(17-22)26(31)27-18-19-8-6-10-21(16-19)29-15-5-4-14-25(29)30/h2-3,6-13,16-17,28H,4-5,14-15,18H2,1H3,(H,27,31). The van der Waals surface area contributed by atoms with Crippen LogP contribution >= 0.6 is 0 Å². The van der Waals surface area contributed by atoms with Gasteiger partial charge in [0.15, 0.2) is 0 Å². The molecule has 0 spiro atoms. The maximum atomic E-state index is 12.9. The summed E-state index contributed by atoms with van der Waals surface area (Å²) in [6.45, 7) is 0.934. The summed E-state index contributed by atoms with van der Waals surface area (Å²) in [5, 5.41) is 2.83. The Morgan fingerprint density at radius 3 is 2.60 bits per heavy atom. The molecule has 3 aromatic carbocycles. The van der Waals surface area contributed by atoms with Gasteiger partial charge >= 0.3 is 0 Å². The third-order valence-electron chi connectivity index (χ3n) is 5.76. The number of nitrogens with one attached hydrogen (secondary N) is 2. The Kier molecular flexibility index (Phi) is 7.36. The average molecular weight is 494 g/mol. The van der Waals surface area contributed by atoms with Crippen molar-refractivity contribution in [3.05, 3.63) is 83.9 Å². The van der Waals surface area contributed by atoms with Crippen LogP contribution in [0.5, 0.6) is 5.75 Å². The van der Waals surface area contributed by atoms with E-state index in [0.717, 1.165) is 24.1 Å². The zero-order valence-electron chi connectivity index (χ0n) is 19.4. The highest BCUT2D eigenvalue weighted by molar-refractivity contribution is 7.92. The van der Waals surface area contributed by atoms with Crippen molar-refractivity contribution in [3.8, 4) is 5.75 Å². The van der Waals surface area contributed by atoms with Gasteiger partial charge in [0.1, 0.15) is 5.75 Å². The van der Waals surface area contributed by atoms with E-state index in [0.29, 0.717) is 24.4 Å². The summed E-state index contributed by atoms with van der Waals surface area (Å²) in [5.74, 6) is 0.0921. The molecule has 1 saturated heterocycles. The maximum Gasteiger partial charge on any atom is 0.262 e. The minimum absolute atomic E-state index is 0.0401. The zero-order chi connectivity index (χ0) is 24.8. The molecule has 2 amide bonds. The minimum Gasteiger partial charge on any atom is -0.495 e. The SMILES string of the molecule is COc1ccccc1NS(=O)(=O)c1cccc(C(=O)NCc2cccc(N3CCCCC3=O)c2)c1. The molecule has 1 aliphatic rings. The van der Waals surface area contributed by atoms with Crippen LogP contribution in [0.15, 0.2) is 77.7 Å². The van der Waals surface area contributed by atoms with Crippen LogP contribution in [-0.4, -0.2) is 33.9 Å². The number of sulfonamides is 1. The zero-order valence-corrected chi connectivity index (χ0v) is 20.2. The van der Waals surface area contributed by atoms with E-state index in [1.165, 1.54) is 25.3 Å². The molecule has 1 aliphatic heterocycles. The number of piperidine rings is 1. The van der Waals surface area contributed by atoms with E-state index in [2.05, 4.69) is 10.0 Å². The topological polar surface area (TPSA) is 105 Å². The summed E-state index contributed by atoms with van der Waals surface area (Å²) >= 11 is 0. The number of hydrogen-bond donors (Lipinski definition) is 2. The number of carbonyl (C=O) groups excluding carboxylic acids is 2. The monoisotopic (exact) mass is 493 g/mol. The highest BCUT2D eigenvalue weighted by Crippen LogP contribution is 2.26. The van der Waals surface area contributed by atoms with E-state index >= 15 is 0 Å². The summed E-state index contributed by atoms with van der Waals surface area (Å²) in [6.07, 6.45) is 2.43. The van der Waals surface area contributed by atoms with Gasteiger partial charge in [0.05, 0.1) is 17.7 Å². The highest BCUT2D eigenvalue weighted by atomic mass is 32.2. The molecule has 0 saturated carbocycles. The third kappa shape index (κ3) is 5.81. The van der Waals surface area contributed by atoms with E-state index in [-0.39, 0.29) is 22.9 Å². The van der Waals surface area contributed by atoms with Crippen LogP contribution in [0, 0.1) is 0 Å². The molecule has 4 rings (SSSR count). The van der Waals surface area contributed by atoms with Gasteiger partial charge in [-0.3, -0.25) is 14.3 Å². The van der Waals surface area contributed by atoms with E-state index in [1.54, 1.807) is 35.2 Å². The van der Waals surface area contributed by atoms with Gasteiger partial charge in [0.25, 0.3) is 15.9 Å². The fourth-order valence-corrected chi connectivity index (χ4v) is 5.05. The first-order valence-electron chi connectivity index (χ1n) is 11.3. The molecule has 0 bridgehead atoms. The predicted molar refractivity (Wildman–Crippen MR) is 134 cm³/mol. The lowest BCUT2D eigenvalue weighted by Gasteiger charge is -2.27. The Hall–Kier alpha value is -3.85. The van der Waals surface area contributed by atoms with Gasteiger partial charge in [-0.2, -0.15) is 0 Å². The minimum atomic E-state index is -3.94. The number of amides is 2. The Bertz CT molecular complexity index is 1340. The van der Waals surface area contributed by atoms with Crippen molar-refractivity contribution in [2.24, 2.45) is 0 Å². The molecular formula is C26H27N3O5S. The molecule has 8 nitrogen and oxygen atoms in total. The second-order valence-electron chi connectivity index (χ2n) is 8.19. The fourth-order valence-electron chi connectivity index (χ4n) is 3.93. The average Bonchev–Trinajstić information content (AvgIpc) is 2.88. The van der Waals surface area contributed by atoms with Gasteiger partial charge in [-0.05, 0) is 60.9 Å². The molecular weight excluding hydrogens is 466 g/mol. The molecule has 9 heteroatoms. The first kappa shape index (κ1) is 24.3. The van der Waals surface area contributed by atoms with Gasteiger partial charge in [0.2, 0.25) is 5.91 Å². The second-order valence-corrected chi connectivity index (χ2v) is 9.87. The summed E-state index contributed by atoms with van der Waals surface area (Å²) < 4.78 is 33.5. The lowest BCUT2D eigenvalue weighted by Crippen LogP contribution is -2.35. The van der Waals surface area contributed by atoms with Crippen molar-refractivity contribution < 1.29 is 22.7 Å². The van der Waals surface area contributed by atoms with Crippen LogP contribution in [0.2, 0.25) is 0 Å². The Morgan fingerprint density at radius 1 is 1.00 bits per heavy atom. The van der Waals surface area contributed by atoms with Crippen LogP contribution in [0.1, 0.15) is 35.2 Å². The number of nitrogens with zero attached hydrogens (tertiary/aromatic N) is 1. The van der Waals surface area contributed by atoms with E-state index in [1.807, 2.05) is 24.3 Å². The molecule has 3 aromatic rings. The van der Waals surface area contributed by atoms with Gasteiger partial charge in [-0.1, -0.05) is 30.3 Å². The predicted octanol–water partition coefficient (Wildman–Crippen LogP) is 3.94. The lowest BCUT2D eigenvalue weighted by molar-refractivity contribution is -0.119. The number of carbonyl (C=O) groups is 2. The van der Waals surface area contributed by atoms with Crippen molar-refractivity contribution in [1.82, 2.24) is 5.32 Å². The molecule has 0 aliphatic carbocycles. The second kappa shape index (κ2) is 10.6. The number of rotatable bonds is 8. The largest absolute Gasteiger partial charge is 0.495 e. The highest BCUT2D eigenvalue weighted by Gasteiger charge is 2.20. The molecule has 0 unspecified atom stereocenters. The maximum absolute atomic E-state index is 12.9. The van der Waals surface area contributed by atoms with E-state index in [9.17, 15) is 18.0 Å². The smallest absolute Gasteiger partial charge is 0.262 e.